The molecule has 7 nitrogen and oxygen atoms in total. The van der Waals surface area contributed by atoms with Crippen LogP contribution in [0.25, 0.3) is 0 Å². The third-order valence-corrected chi connectivity index (χ3v) is 3.61. The lowest BCUT2D eigenvalue weighted by molar-refractivity contribution is -0.140. The summed E-state index contributed by atoms with van der Waals surface area (Å²) in [6.07, 6.45) is 1.60. The van der Waals surface area contributed by atoms with E-state index >= 15 is 0 Å². The Balaban J connectivity index is 2.66. The number of nitrogens with zero attached hydrogens (tertiary/aromatic N) is 1. The average molecular weight is 314 g/mol. The molecule has 0 spiro atoms. The second-order valence-electron chi connectivity index (χ2n) is 4.10. The normalized spacial score (nSPS) is 11.6. The first kappa shape index (κ1) is 17.1. The molecule has 0 unspecified atom stereocenters. The Hall–Kier alpha value is -1.96. The topological polar surface area (TPSA) is 97.8 Å². The fourth-order valence-electron chi connectivity index (χ4n) is 1.65. The molecule has 2 N–H and O–H groups in total. The fraction of sp³-hybridized carbons (Fsp3) is 0.462. The van der Waals surface area contributed by atoms with Crippen LogP contribution in [0.5, 0.6) is 11.5 Å². The molecule has 1 aromatic heterocycles. The van der Waals surface area contributed by atoms with Gasteiger partial charge in [-0.15, -0.1) is 0 Å². The van der Waals surface area contributed by atoms with Gasteiger partial charge in [0.15, 0.2) is 11.5 Å². The van der Waals surface area contributed by atoms with E-state index in [9.17, 15) is 9.59 Å². The number of carbonyl (C=O) groups excluding carboxylic acids is 1. The van der Waals surface area contributed by atoms with E-state index in [0.29, 0.717) is 22.9 Å². The van der Waals surface area contributed by atoms with Crippen molar-refractivity contribution in [3.8, 4) is 11.5 Å². The van der Waals surface area contributed by atoms with Crippen molar-refractivity contribution in [2.45, 2.75) is 18.7 Å². The maximum Gasteiger partial charge on any atom is 0.327 e. The van der Waals surface area contributed by atoms with Crippen LogP contribution in [0.1, 0.15) is 12.6 Å². The zero-order valence-corrected chi connectivity index (χ0v) is 12.9. The molecule has 0 bridgehead atoms. The van der Waals surface area contributed by atoms with Gasteiger partial charge < -0.3 is 19.9 Å². The van der Waals surface area contributed by atoms with Gasteiger partial charge in [0.1, 0.15) is 6.04 Å². The van der Waals surface area contributed by atoms with Gasteiger partial charge in [-0.2, -0.15) is 11.8 Å². The van der Waals surface area contributed by atoms with E-state index < -0.39 is 12.0 Å². The Morgan fingerprint density at radius 3 is 2.67 bits per heavy atom. The summed E-state index contributed by atoms with van der Waals surface area (Å²) in [6, 6.07) is 0.758. The lowest BCUT2D eigenvalue weighted by Crippen LogP contribution is -2.41. The van der Waals surface area contributed by atoms with E-state index in [2.05, 4.69) is 10.3 Å². The van der Waals surface area contributed by atoms with Crippen LogP contribution in [-0.4, -0.2) is 48.0 Å². The van der Waals surface area contributed by atoms with Gasteiger partial charge >= 0.3 is 5.97 Å². The minimum atomic E-state index is -1.07. The molecular weight excluding hydrogens is 296 g/mol. The summed E-state index contributed by atoms with van der Waals surface area (Å²) in [5.74, 6) is 0.336. The SMILES string of the molecule is COc1ccnc(CSC[C@H](NC(C)=O)C(=O)O)c1OC. The first-order valence-electron chi connectivity index (χ1n) is 6.13. The molecule has 8 heteroatoms. The highest BCUT2D eigenvalue weighted by Gasteiger charge is 2.19. The maximum atomic E-state index is 11.0. The van der Waals surface area contributed by atoms with Crippen molar-refractivity contribution in [2.24, 2.45) is 0 Å². The van der Waals surface area contributed by atoms with E-state index in [0.717, 1.165) is 0 Å². The average Bonchev–Trinajstić information content (AvgIpc) is 2.45. The number of carboxylic acids is 1. The number of ether oxygens (including phenoxy) is 2. The molecule has 1 aromatic rings. The van der Waals surface area contributed by atoms with Gasteiger partial charge in [-0.1, -0.05) is 0 Å². The number of aromatic nitrogens is 1. The molecule has 0 aromatic carbocycles. The van der Waals surface area contributed by atoms with E-state index in [-0.39, 0.29) is 11.7 Å². The minimum absolute atomic E-state index is 0.233. The first-order chi connectivity index (χ1) is 9.99. The number of aliphatic carboxylic acids is 1. The molecule has 0 saturated heterocycles. The third-order valence-electron chi connectivity index (χ3n) is 2.57. The summed E-state index contributed by atoms with van der Waals surface area (Å²) in [6.45, 7) is 1.28. The summed E-state index contributed by atoms with van der Waals surface area (Å²) < 4.78 is 10.4. The lowest BCUT2D eigenvalue weighted by atomic mass is 10.3. The molecule has 0 aliphatic rings. The highest BCUT2D eigenvalue weighted by Crippen LogP contribution is 2.31. The standard InChI is InChI=1S/C13H18N2O5S/c1-8(16)15-10(13(17)18)7-21-6-9-12(20-3)11(19-2)4-5-14-9/h4-5,10H,6-7H2,1-3H3,(H,15,16)(H,17,18)/t10-/m0/s1. The number of carbonyl (C=O) groups is 2. The molecule has 0 radical (unpaired) electrons. The Morgan fingerprint density at radius 2 is 2.14 bits per heavy atom. The lowest BCUT2D eigenvalue weighted by Gasteiger charge is -2.14. The number of hydrogen-bond acceptors (Lipinski definition) is 6. The summed E-state index contributed by atoms with van der Waals surface area (Å²) >= 11 is 1.34. The van der Waals surface area contributed by atoms with Crippen molar-refractivity contribution < 1.29 is 24.2 Å². The van der Waals surface area contributed by atoms with Crippen LogP contribution in [0.4, 0.5) is 0 Å². The first-order valence-corrected chi connectivity index (χ1v) is 7.28. The molecule has 1 rings (SSSR count). The molecule has 1 amide bonds. The number of hydrogen-bond donors (Lipinski definition) is 2. The summed E-state index contributed by atoms with van der Waals surface area (Å²) in [5.41, 5.74) is 0.661. The van der Waals surface area contributed by atoms with E-state index in [1.54, 1.807) is 12.3 Å². The Labute approximate surface area is 127 Å². The quantitative estimate of drug-likeness (QED) is 0.736. The van der Waals surface area contributed by atoms with E-state index in [1.807, 2.05) is 0 Å². The van der Waals surface area contributed by atoms with Crippen molar-refractivity contribution in [3.63, 3.8) is 0 Å². The molecule has 21 heavy (non-hydrogen) atoms. The summed E-state index contributed by atoms with van der Waals surface area (Å²) in [4.78, 5) is 26.2. The molecule has 0 saturated carbocycles. The zero-order chi connectivity index (χ0) is 15.8. The summed E-state index contributed by atoms with van der Waals surface area (Å²) in [5, 5.41) is 11.4. The third kappa shape index (κ3) is 5.14. The fourth-order valence-corrected chi connectivity index (χ4v) is 2.63. The van der Waals surface area contributed by atoms with Crippen LogP contribution in [0.2, 0.25) is 0 Å². The van der Waals surface area contributed by atoms with Crippen LogP contribution >= 0.6 is 11.8 Å². The highest BCUT2D eigenvalue weighted by molar-refractivity contribution is 7.98. The summed E-state index contributed by atoms with van der Waals surface area (Å²) in [7, 11) is 3.05. The van der Waals surface area contributed by atoms with Gasteiger partial charge in [0, 0.05) is 30.7 Å². The number of carboxylic acid groups (broad SMARTS) is 1. The van der Waals surface area contributed by atoms with E-state index in [1.165, 1.54) is 32.9 Å². The van der Waals surface area contributed by atoms with Crippen LogP contribution in [0.3, 0.4) is 0 Å². The van der Waals surface area contributed by atoms with Crippen molar-refractivity contribution in [2.75, 3.05) is 20.0 Å². The molecule has 0 aliphatic carbocycles. The van der Waals surface area contributed by atoms with Gasteiger partial charge in [-0.05, 0) is 0 Å². The van der Waals surface area contributed by atoms with Gasteiger partial charge in [0.25, 0.3) is 0 Å². The number of amides is 1. The smallest absolute Gasteiger partial charge is 0.327 e. The molecule has 1 heterocycles. The number of methoxy groups -OCH3 is 2. The Bertz CT molecular complexity index is 509. The molecule has 0 fully saturated rings. The van der Waals surface area contributed by atoms with Crippen LogP contribution < -0.4 is 14.8 Å². The number of rotatable bonds is 8. The highest BCUT2D eigenvalue weighted by atomic mass is 32.2. The van der Waals surface area contributed by atoms with Crippen LogP contribution in [-0.2, 0) is 15.3 Å². The molecule has 1 atom stereocenters. The second kappa shape index (κ2) is 8.35. The zero-order valence-electron chi connectivity index (χ0n) is 12.1. The Kier molecular flexibility index (Phi) is 6.80. The molecule has 116 valence electrons. The van der Waals surface area contributed by atoms with Crippen LogP contribution in [0, 0.1) is 0 Å². The molecular formula is C13H18N2O5S. The van der Waals surface area contributed by atoms with Crippen LogP contribution in [0.15, 0.2) is 12.3 Å². The van der Waals surface area contributed by atoms with Gasteiger partial charge in [0.2, 0.25) is 5.91 Å². The van der Waals surface area contributed by atoms with E-state index in [4.69, 9.17) is 14.6 Å². The van der Waals surface area contributed by atoms with Crippen molar-refractivity contribution in [3.05, 3.63) is 18.0 Å². The van der Waals surface area contributed by atoms with Crippen molar-refractivity contribution in [1.29, 1.82) is 0 Å². The number of pyridine rings is 1. The number of nitrogens with one attached hydrogen (secondary N) is 1. The second-order valence-corrected chi connectivity index (χ2v) is 5.13. The maximum absolute atomic E-state index is 11.0. The van der Waals surface area contributed by atoms with Crippen molar-refractivity contribution in [1.82, 2.24) is 10.3 Å². The largest absolute Gasteiger partial charge is 0.493 e. The minimum Gasteiger partial charge on any atom is -0.493 e. The van der Waals surface area contributed by atoms with Crippen molar-refractivity contribution >= 4 is 23.6 Å². The predicted molar refractivity (Wildman–Crippen MR) is 78.7 cm³/mol. The van der Waals surface area contributed by atoms with Gasteiger partial charge in [-0.3, -0.25) is 9.78 Å². The van der Waals surface area contributed by atoms with Gasteiger partial charge in [-0.25, -0.2) is 4.79 Å². The van der Waals surface area contributed by atoms with Gasteiger partial charge in [0.05, 0.1) is 19.9 Å². The predicted octanol–water partition coefficient (Wildman–Crippen LogP) is 0.921. The number of thioether (sulfide) groups is 1. The molecule has 0 aliphatic heterocycles. The Morgan fingerprint density at radius 1 is 1.43 bits per heavy atom. The monoisotopic (exact) mass is 314 g/mol.